The van der Waals surface area contributed by atoms with Gasteiger partial charge in [0, 0.05) is 59.6 Å². The van der Waals surface area contributed by atoms with Gasteiger partial charge in [0.05, 0.1) is 7.11 Å². The van der Waals surface area contributed by atoms with E-state index in [1.807, 2.05) is 0 Å². The molecule has 1 aromatic rings. The summed E-state index contributed by atoms with van der Waals surface area (Å²) in [7, 11) is -2.77. The van der Waals surface area contributed by atoms with Gasteiger partial charge in [0.2, 0.25) is 0 Å². The van der Waals surface area contributed by atoms with Gasteiger partial charge >= 0.3 is 0 Å². The molecule has 0 aliphatic heterocycles. The molecule has 0 fully saturated rings. The van der Waals surface area contributed by atoms with Gasteiger partial charge in [-0.15, -0.1) is 0 Å². The molecule has 0 saturated heterocycles. The standard InChI is InChI=1S/C29H56O7Si3/c1-29(2,3)39(11,12)36-14-13-24(21-30)28-26(34-22-32-15-17-37(5,6)7)19-25(31-4)20-27(28)35-23-33-16-18-38(8,9)10/h19-21,24H,13-18,22-23H2,1-12H3. The van der Waals surface area contributed by atoms with E-state index in [2.05, 4.69) is 73.1 Å². The first-order valence-electron chi connectivity index (χ1n) is 14.1. The number of ether oxygens (including phenoxy) is 5. The Morgan fingerprint density at radius 1 is 0.795 bits per heavy atom. The smallest absolute Gasteiger partial charge is 0.191 e. The van der Waals surface area contributed by atoms with Crippen molar-refractivity contribution in [1.29, 1.82) is 0 Å². The first-order chi connectivity index (χ1) is 17.9. The molecule has 0 amide bonds. The molecule has 0 radical (unpaired) electrons. The maximum atomic E-state index is 12.5. The van der Waals surface area contributed by atoms with Crippen LogP contribution in [0.4, 0.5) is 0 Å². The fourth-order valence-electron chi connectivity index (χ4n) is 3.32. The molecule has 7 nitrogen and oxygen atoms in total. The molecule has 0 aromatic heterocycles. The van der Waals surface area contributed by atoms with Crippen molar-refractivity contribution in [2.24, 2.45) is 0 Å². The lowest BCUT2D eigenvalue weighted by molar-refractivity contribution is -0.109. The lowest BCUT2D eigenvalue weighted by Gasteiger charge is -2.36. The van der Waals surface area contributed by atoms with E-state index < -0.39 is 30.4 Å². The van der Waals surface area contributed by atoms with Crippen LogP contribution in [-0.2, 0) is 18.7 Å². The second kappa shape index (κ2) is 15.7. The Labute approximate surface area is 241 Å². The van der Waals surface area contributed by atoms with E-state index in [4.69, 9.17) is 28.1 Å². The van der Waals surface area contributed by atoms with Crippen molar-refractivity contribution in [2.75, 3.05) is 40.5 Å². The number of rotatable bonds is 19. The number of hydrogen-bond donors (Lipinski definition) is 0. The quantitative estimate of drug-likeness (QED) is 0.0695. The van der Waals surface area contributed by atoms with E-state index in [9.17, 15) is 4.79 Å². The zero-order chi connectivity index (χ0) is 29.9. The summed E-state index contributed by atoms with van der Waals surface area (Å²) in [4.78, 5) is 12.5. The van der Waals surface area contributed by atoms with Gasteiger partial charge in [0.15, 0.2) is 21.9 Å². The van der Waals surface area contributed by atoms with Crippen LogP contribution in [0.15, 0.2) is 12.1 Å². The topological polar surface area (TPSA) is 72.5 Å². The van der Waals surface area contributed by atoms with Crippen LogP contribution in [0, 0.1) is 0 Å². The van der Waals surface area contributed by atoms with E-state index >= 15 is 0 Å². The molecule has 10 heteroatoms. The molecule has 1 unspecified atom stereocenters. The largest absolute Gasteiger partial charge is 0.496 e. The maximum absolute atomic E-state index is 12.5. The van der Waals surface area contributed by atoms with E-state index in [0.29, 0.717) is 49.1 Å². The summed E-state index contributed by atoms with van der Waals surface area (Å²) in [6, 6.07) is 5.68. The van der Waals surface area contributed by atoms with Gasteiger partial charge in [-0.1, -0.05) is 60.1 Å². The number of carbonyl (C=O) groups is 1. The average molecular weight is 601 g/mol. The van der Waals surface area contributed by atoms with Gasteiger partial charge in [0.1, 0.15) is 23.5 Å². The van der Waals surface area contributed by atoms with Crippen LogP contribution in [0.5, 0.6) is 17.2 Å². The minimum Gasteiger partial charge on any atom is -0.496 e. The Kier molecular flexibility index (Phi) is 14.4. The van der Waals surface area contributed by atoms with Crippen molar-refractivity contribution < 1.29 is 32.9 Å². The van der Waals surface area contributed by atoms with Crippen molar-refractivity contribution in [2.45, 2.75) is 103 Å². The summed E-state index contributed by atoms with van der Waals surface area (Å²) < 4.78 is 35.7. The number of aldehydes is 1. The van der Waals surface area contributed by atoms with Gasteiger partial charge in [-0.05, 0) is 36.6 Å². The molecule has 0 heterocycles. The van der Waals surface area contributed by atoms with E-state index in [0.717, 1.165) is 18.4 Å². The summed E-state index contributed by atoms with van der Waals surface area (Å²) in [6.45, 7) is 26.9. The Balaban J connectivity index is 3.16. The minimum absolute atomic E-state index is 0.0862. The van der Waals surface area contributed by atoms with Crippen molar-refractivity contribution in [3.63, 3.8) is 0 Å². The summed E-state index contributed by atoms with van der Waals surface area (Å²) in [6.07, 6.45) is 1.47. The number of carbonyl (C=O) groups excluding carboxylic acids is 1. The van der Waals surface area contributed by atoms with Gasteiger partial charge in [-0.2, -0.15) is 0 Å². The summed E-state index contributed by atoms with van der Waals surface area (Å²) >= 11 is 0. The van der Waals surface area contributed by atoms with Crippen molar-refractivity contribution in [1.82, 2.24) is 0 Å². The minimum atomic E-state index is -1.95. The number of methoxy groups -OCH3 is 1. The van der Waals surface area contributed by atoms with Crippen molar-refractivity contribution >= 4 is 30.8 Å². The Morgan fingerprint density at radius 2 is 1.26 bits per heavy atom. The molecule has 1 aromatic carbocycles. The molecule has 0 saturated carbocycles. The van der Waals surface area contributed by atoms with Crippen LogP contribution in [0.3, 0.4) is 0 Å². The van der Waals surface area contributed by atoms with Gasteiger partial charge in [-0.3, -0.25) is 0 Å². The highest BCUT2D eigenvalue weighted by molar-refractivity contribution is 6.76. The van der Waals surface area contributed by atoms with Crippen LogP contribution < -0.4 is 14.2 Å². The fraction of sp³-hybridized carbons (Fsp3) is 0.759. The SMILES string of the molecule is COc1cc(OCOCC[Si](C)(C)C)c(C(C=O)CCO[Si](C)(C)C(C)(C)C)c(OCOCC[Si](C)(C)C)c1. The lowest BCUT2D eigenvalue weighted by atomic mass is 9.95. The zero-order valence-electron chi connectivity index (χ0n) is 26.8. The normalized spacial score (nSPS) is 13.7. The molecule has 0 bridgehead atoms. The highest BCUT2D eigenvalue weighted by Gasteiger charge is 2.37. The third kappa shape index (κ3) is 13.8. The Hall–Kier alpha value is -1.18. The predicted molar refractivity (Wildman–Crippen MR) is 169 cm³/mol. The van der Waals surface area contributed by atoms with Crippen molar-refractivity contribution in [3.8, 4) is 17.2 Å². The third-order valence-corrected chi connectivity index (χ3v) is 15.1. The zero-order valence-corrected chi connectivity index (χ0v) is 29.8. The molecular weight excluding hydrogens is 545 g/mol. The number of hydrogen-bond acceptors (Lipinski definition) is 7. The third-order valence-electron chi connectivity index (χ3n) is 7.13. The highest BCUT2D eigenvalue weighted by Crippen LogP contribution is 2.41. The second-order valence-corrected chi connectivity index (χ2v) is 30.2. The maximum Gasteiger partial charge on any atom is 0.191 e. The Morgan fingerprint density at radius 3 is 1.62 bits per heavy atom. The molecule has 1 atom stereocenters. The van der Waals surface area contributed by atoms with Crippen LogP contribution >= 0.6 is 0 Å². The molecule has 1 rings (SSSR count). The van der Waals surface area contributed by atoms with E-state index in [1.54, 1.807) is 19.2 Å². The van der Waals surface area contributed by atoms with Crippen LogP contribution in [0.2, 0.25) is 69.5 Å². The lowest BCUT2D eigenvalue weighted by Crippen LogP contribution is -2.41. The molecule has 0 N–H and O–H groups in total. The van der Waals surface area contributed by atoms with Gasteiger partial charge in [-0.25, -0.2) is 0 Å². The molecule has 0 aliphatic carbocycles. The molecule has 0 aliphatic rings. The van der Waals surface area contributed by atoms with Crippen LogP contribution in [0.1, 0.15) is 38.7 Å². The average Bonchev–Trinajstić information content (AvgIpc) is 2.79. The Bertz CT molecular complexity index is 826. The number of benzene rings is 1. The monoisotopic (exact) mass is 600 g/mol. The molecule has 226 valence electrons. The van der Waals surface area contributed by atoms with Gasteiger partial charge < -0.3 is 32.9 Å². The van der Waals surface area contributed by atoms with Crippen LogP contribution in [-0.4, -0.2) is 71.3 Å². The summed E-state index contributed by atoms with van der Waals surface area (Å²) in [5.74, 6) is 1.14. The van der Waals surface area contributed by atoms with Crippen LogP contribution in [0.25, 0.3) is 0 Å². The van der Waals surface area contributed by atoms with Crippen molar-refractivity contribution in [3.05, 3.63) is 17.7 Å². The predicted octanol–water partition coefficient (Wildman–Crippen LogP) is 7.77. The van der Waals surface area contributed by atoms with Gasteiger partial charge in [0.25, 0.3) is 0 Å². The summed E-state index contributed by atoms with van der Waals surface area (Å²) in [5.41, 5.74) is 0.673. The first kappa shape index (κ1) is 35.8. The molecule has 39 heavy (non-hydrogen) atoms. The summed E-state index contributed by atoms with van der Waals surface area (Å²) in [5, 5.41) is 0.0901. The first-order valence-corrected chi connectivity index (χ1v) is 24.4. The second-order valence-electron chi connectivity index (χ2n) is 14.1. The molecule has 0 spiro atoms. The molecular formula is C29H56O7Si3. The highest BCUT2D eigenvalue weighted by atomic mass is 28.4. The fourth-order valence-corrected chi connectivity index (χ4v) is 5.90. The van der Waals surface area contributed by atoms with E-state index in [1.165, 1.54) is 0 Å². The van der Waals surface area contributed by atoms with E-state index in [-0.39, 0.29) is 18.6 Å².